The van der Waals surface area contributed by atoms with Crippen molar-refractivity contribution in [2.24, 2.45) is 5.92 Å². The van der Waals surface area contributed by atoms with Gasteiger partial charge >= 0.3 is 0 Å². The third kappa shape index (κ3) is 1.97. The van der Waals surface area contributed by atoms with Gasteiger partial charge in [0, 0.05) is 18.0 Å². The molecular formula is C10H12BrN3O. The summed E-state index contributed by atoms with van der Waals surface area (Å²) in [6, 6.07) is 1.58. The number of hydrogen-bond donors (Lipinski definition) is 1. The van der Waals surface area contributed by atoms with Crippen LogP contribution in [0, 0.1) is 5.92 Å². The molecule has 80 valence electrons. The molecule has 0 bridgehead atoms. The van der Waals surface area contributed by atoms with Gasteiger partial charge in [0.05, 0.1) is 4.47 Å². The van der Waals surface area contributed by atoms with Crippen LogP contribution >= 0.6 is 15.9 Å². The van der Waals surface area contributed by atoms with Gasteiger partial charge in [-0.05, 0) is 28.3 Å². The summed E-state index contributed by atoms with van der Waals surface area (Å²) in [5.74, 6) is 0.497. The van der Waals surface area contributed by atoms with E-state index >= 15 is 0 Å². The molecule has 0 aromatic carbocycles. The Balaban J connectivity index is 2.60. The summed E-state index contributed by atoms with van der Waals surface area (Å²) in [7, 11) is 0. The summed E-state index contributed by atoms with van der Waals surface area (Å²) in [6.07, 6.45) is 2.53. The number of nitrogens with zero attached hydrogens (tertiary/aromatic N) is 2. The highest BCUT2D eigenvalue weighted by atomic mass is 79.9. The Kier molecular flexibility index (Phi) is 2.65. The van der Waals surface area contributed by atoms with E-state index in [-0.39, 0.29) is 5.56 Å². The van der Waals surface area contributed by atoms with Gasteiger partial charge in [0.2, 0.25) is 0 Å². The maximum absolute atomic E-state index is 11.7. The molecule has 2 aromatic heterocycles. The first-order valence-corrected chi connectivity index (χ1v) is 5.63. The molecule has 0 spiro atoms. The quantitative estimate of drug-likeness (QED) is 0.907. The normalized spacial score (nSPS) is 11.5. The molecule has 15 heavy (non-hydrogen) atoms. The van der Waals surface area contributed by atoms with E-state index in [1.807, 2.05) is 0 Å². The van der Waals surface area contributed by atoms with Crippen molar-refractivity contribution in [3.63, 3.8) is 0 Å². The smallest absolute Gasteiger partial charge is 0.272 e. The first kappa shape index (κ1) is 10.4. The topological polar surface area (TPSA) is 50.2 Å². The lowest BCUT2D eigenvalue weighted by Crippen LogP contribution is -2.16. The van der Waals surface area contributed by atoms with Crippen molar-refractivity contribution in [3.8, 4) is 0 Å². The molecule has 0 fully saturated rings. The second kappa shape index (κ2) is 3.81. The number of rotatable bonds is 2. The molecule has 0 saturated carbocycles. The SMILES string of the molecule is CC(C)Cc1cc(=O)n2[nH]cc(Br)c2n1. The van der Waals surface area contributed by atoms with Crippen molar-refractivity contribution in [1.29, 1.82) is 0 Å². The minimum Gasteiger partial charge on any atom is -0.296 e. The number of fused-ring (bicyclic) bond motifs is 1. The Morgan fingerprint density at radius 2 is 2.33 bits per heavy atom. The lowest BCUT2D eigenvalue weighted by atomic mass is 10.1. The third-order valence-corrected chi connectivity index (χ3v) is 2.71. The van der Waals surface area contributed by atoms with E-state index in [0.29, 0.717) is 11.6 Å². The van der Waals surface area contributed by atoms with E-state index in [0.717, 1.165) is 16.6 Å². The Bertz CT molecular complexity index is 541. The zero-order valence-electron chi connectivity index (χ0n) is 8.62. The molecule has 0 atom stereocenters. The van der Waals surface area contributed by atoms with Crippen LogP contribution in [0.25, 0.3) is 5.65 Å². The van der Waals surface area contributed by atoms with Gasteiger partial charge in [-0.15, -0.1) is 0 Å². The van der Waals surface area contributed by atoms with Crippen molar-refractivity contribution in [3.05, 3.63) is 32.8 Å². The second-order valence-corrected chi connectivity index (χ2v) is 4.82. The predicted molar refractivity (Wildman–Crippen MR) is 62.1 cm³/mol. The van der Waals surface area contributed by atoms with Gasteiger partial charge in [-0.25, -0.2) is 9.50 Å². The third-order valence-electron chi connectivity index (χ3n) is 2.12. The number of halogens is 1. The van der Waals surface area contributed by atoms with Crippen LogP contribution in [-0.4, -0.2) is 14.6 Å². The Labute approximate surface area is 95.4 Å². The van der Waals surface area contributed by atoms with Gasteiger partial charge in [-0.1, -0.05) is 13.8 Å². The fourth-order valence-corrected chi connectivity index (χ4v) is 1.89. The van der Waals surface area contributed by atoms with Gasteiger partial charge < -0.3 is 0 Å². The van der Waals surface area contributed by atoms with Crippen LogP contribution in [0.1, 0.15) is 19.5 Å². The minimum absolute atomic E-state index is 0.0682. The first-order chi connectivity index (χ1) is 7.08. The summed E-state index contributed by atoms with van der Waals surface area (Å²) in [4.78, 5) is 16.1. The molecule has 0 unspecified atom stereocenters. The number of H-pyrrole nitrogens is 1. The highest BCUT2D eigenvalue weighted by Gasteiger charge is 2.07. The average molecular weight is 270 g/mol. The van der Waals surface area contributed by atoms with E-state index in [9.17, 15) is 4.79 Å². The molecule has 2 heterocycles. The minimum atomic E-state index is -0.0682. The van der Waals surface area contributed by atoms with Gasteiger partial charge in [0.1, 0.15) is 0 Å². The van der Waals surface area contributed by atoms with Crippen LogP contribution in [0.5, 0.6) is 0 Å². The fraction of sp³-hybridized carbons (Fsp3) is 0.400. The van der Waals surface area contributed by atoms with Crippen molar-refractivity contribution >= 4 is 21.6 Å². The number of aromatic amines is 1. The molecule has 0 aliphatic carbocycles. The van der Waals surface area contributed by atoms with Gasteiger partial charge in [0.15, 0.2) is 5.65 Å². The van der Waals surface area contributed by atoms with Crippen LogP contribution in [0.15, 0.2) is 21.5 Å². The Morgan fingerprint density at radius 3 is 3.00 bits per heavy atom. The summed E-state index contributed by atoms with van der Waals surface area (Å²) < 4.78 is 2.23. The molecule has 0 aliphatic heterocycles. The van der Waals surface area contributed by atoms with Crippen LogP contribution in [0.4, 0.5) is 0 Å². The summed E-state index contributed by atoms with van der Waals surface area (Å²) in [5.41, 5.74) is 1.43. The average Bonchev–Trinajstić information content (AvgIpc) is 2.47. The molecule has 5 heteroatoms. The number of hydrogen-bond acceptors (Lipinski definition) is 2. The van der Waals surface area contributed by atoms with Crippen molar-refractivity contribution < 1.29 is 0 Å². The van der Waals surface area contributed by atoms with Gasteiger partial charge in [-0.3, -0.25) is 9.89 Å². The summed E-state index contributed by atoms with van der Waals surface area (Å²) >= 11 is 3.35. The molecule has 4 nitrogen and oxygen atoms in total. The first-order valence-electron chi connectivity index (χ1n) is 4.83. The molecule has 0 amide bonds. The van der Waals surface area contributed by atoms with E-state index in [1.54, 1.807) is 12.3 Å². The molecule has 2 aromatic rings. The molecule has 0 radical (unpaired) electrons. The lowest BCUT2D eigenvalue weighted by Gasteiger charge is -2.03. The summed E-state index contributed by atoms with van der Waals surface area (Å²) in [6.45, 7) is 4.21. The van der Waals surface area contributed by atoms with E-state index in [2.05, 4.69) is 39.9 Å². The molecule has 0 saturated heterocycles. The maximum Gasteiger partial charge on any atom is 0.272 e. The molecule has 1 N–H and O–H groups in total. The van der Waals surface area contributed by atoms with Crippen LogP contribution in [0.2, 0.25) is 0 Å². The standard InChI is InChI=1S/C10H12BrN3O/c1-6(2)3-7-4-9(15)14-10(13-7)8(11)5-12-14/h4-6,12H,3H2,1-2H3. The van der Waals surface area contributed by atoms with E-state index < -0.39 is 0 Å². The fourth-order valence-electron chi connectivity index (χ4n) is 1.52. The molecule has 2 rings (SSSR count). The molecule has 0 aliphatic rings. The highest BCUT2D eigenvalue weighted by Crippen LogP contribution is 2.14. The zero-order chi connectivity index (χ0) is 11.0. The maximum atomic E-state index is 11.7. The Morgan fingerprint density at radius 1 is 1.60 bits per heavy atom. The van der Waals surface area contributed by atoms with E-state index in [1.165, 1.54) is 4.52 Å². The van der Waals surface area contributed by atoms with Crippen LogP contribution in [0.3, 0.4) is 0 Å². The largest absolute Gasteiger partial charge is 0.296 e. The number of aromatic nitrogens is 3. The van der Waals surface area contributed by atoms with Gasteiger partial charge in [-0.2, -0.15) is 0 Å². The monoisotopic (exact) mass is 269 g/mol. The van der Waals surface area contributed by atoms with Crippen LogP contribution in [-0.2, 0) is 6.42 Å². The van der Waals surface area contributed by atoms with Crippen molar-refractivity contribution in [2.75, 3.05) is 0 Å². The van der Waals surface area contributed by atoms with Crippen molar-refractivity contribution in [1.82, 2.24) is 14.6 Å². The second-order valence-electron chi connectivity index (χ2n) is 3.96. The lowest BCUT2D eigenvalue weighted by molar-refractivity contribution is 0.633. The summed E-state index contributed by atoms with van der Waals surface area (Å²) in [5, 5.41) is 2.83. The predicted octanol–water partition coefficient (Wildman–Crippen LogP) is 1.98. The number of nitrogens with one attached hydrogen (secondary N) is 1. The van der Waals surface area contributed by atoms with Gasteiger partial charge in [0.25, 0.3) is 5.56 Å². The van der Waals surface area contributed by atoms with Crippen molar-refractivity contribution in [2.45, 2.75) is 20.3 Å². The highest BCUT2D eigenvalue weighted by molar-refractivity contribution is 9.10. The molecular weight excluding hydrogens is 258 g/mol. The Hall–Kier alpha value is -1.10. The van der Waals surface area contributed by atoms with E-state index in [4.69, 9.17) is 0 Å². The van der Waals surface area contributed by atoms with Crippen LogP contribution < -0.4 is 5.56 Å². The zero-order valence-corrected chi connectivity index (χ0v) is 10.2.